The van der Waals surface area contributed by atoms with E-state index in [0.29, 0.717) is 21.9 Å². The second kappa shape index (κ2) is 5.52. The van der Waals surface area contributed by atoms with Gasteiger partial charge in [0, 0.05) is 18.8 Å². The van der Waals surface area contributed by atoms with Crippen molar-refractivity contribution in [2.24, 2.45) is 0 Å². The molecule has 0 saturated carbocycles. The lowest BCUT2D eigenvalue weighted by Crippen LogP contribution is -2.29. The average molecular weight is 325 g/mol. The molecule has 116 valence electrons. The monoisotopic (exact) mass is 325 g/mol. The summed E-state index contributed by atoms with van der Waals surface area (Å²) in [6.45, 7) is 3.17. The van der Waals surface area contributed by atoms with Gasteiger partial charge in [0.25, 0.3) is 0 Å². The predicted octanol–water partition coefficient (Wildman–Crippen LogP) is 2.79. The van der Waals surface area contributed by atoms with Gasteiger partial charge in [-0.1, -0.05) is 11.3 Å². The van der Waals surface area contributed by atoms with Crippen LogP contribution in [-0.4, -0.2) is 32.2 Å². The van der Waals surface area contributed by atoms with E-state index in [1.807, 2.05) is 22.8 Å². The van der Waals surface area contributed by atoms with Gasteiger partial charge in [0.05, 0.1) is 6.20 Å². The van der Waals surface area contributed by atoms with Crippen molar-refractivity contribution in [3.63, 3.8) is 0 Å². The van der Waals surface area contributed by atoms with Gasteiger partial charge in [-0.3, -0.25) is 0 Å². The van der Waals surface area contributed by atoms with Crippen molar-refractivity contribution in [1.82, 2.24) is 19.6 Å². The molecule has 0 unspecified atom stereocenters. The van der Waals surface area contributed by atoms with E-state index < -0.39 is 0 Å². The molecule has 0 amide bonds. The maximum absolute atomic E-state index is 8.93. The highest BCUT2D eigenvalue weighted by atomic mass is 32.1. The van der Waals surface area contributed by atoms with Crippen LogP contribution in [0, 0.1) is 11.3 Å². The Hall–Kier alpha value is -2.66. The normalized spacial score (nSPS) is 17.6. The SMILES string of the molecule is C[C@H]1CCCN1c1nc(Nc2ncc(C#N)s2)c2cccn2n1. The number of hydrogen-bond acceptors (Lipinski definition) is 7. The van der Waals surface area contributed by atoms with Crippen LogP contribution in [0.4, 0.5) is 16.9 Å². The first-order valence-electron chi connectivity index (χ1n) is 7.49. The maximum Gasteiger partial charge on any atom is 0.245 e. The summed E-state index contributed by atoms with van der Waals surface area (Å²) in [6, 6.07) is 6.44. The van der Waals surface area contributed by atoms with Crippen molar-refractivity contribution in [1.29, 1.82) is 5.26 Å². The van der Waals surface area contributed by atoms with Gasteiger partial charge in [-0.05, 0) is 31.9 Å². The van der Waals surface area contributed by atoms with E-state index >= 15 is 0 Å². The fourth-order valence-electron chi connectivity index (χ4n) is 2.85. The fourth-order valence-corrected chi connectivity index (χ4v) is 3.46. The number of thiazole rings is 1. The van der Waals surface area contributed by atoms with Crippen LogP contribution in [0.15, 0.2) is 24.5 Å². The highest BCUT2D eigenvalue weighted by Crippen LogP contribution is 2.28. The van der Waals surface area contributed by atoms with Gasteiger partial charge in [0.15, 0.2) is 10.9 Å². The Morgan fingerprint density at radius 2 is 2.39 bits per heavy atom. The van der Waals surface area contributed by atoms with Crippen LogP contribution in [0.3, 0.4) is 0 Å². The summed E-state index contributed by atoms with van der Waals surface area (Å²) >= 11 is 1.31. The quantitative estimate of drug-likeness (QED) is 0.797. The van der Waals surface area contributed by atoms with Crippen LogP contribution in [0.25, 0.3) is 5.52 Å². The van der Waals surface area contributed by atoms with E-state index in [9.17, 15) is 0 Å². The van der Waals surface area contributed by atoms with E-state index in [1.165, 1.54) is 11.3 Å². The number of hydrogen-bond donors (Lipinski definition) is 1. The Morgan fingerprint density at radius 1 is 1.48 bits per heavy atom. The first-order valence-corrected chi connectivity index (χ1v) is 8.31. The summed E-state index contributed by atoms with van der Waals surface area (Å²) in [5.41, 5.74) is 0.884. The number of nitrogens with one attached hydrogen (secondary N) is 1. The molecule has 1 aliphatic rings. The highest BCUT2D eigenvalue weighted by Gasteiger charge is 2.24. The van der Waals surface area contributed by atoms with E-state index in [4.69, 9.17) is 10.2 Å². The molecule has 3 aromatic heterocycles. The van der Waals surface area contributed by atoms with Gasteiger partial charge < -0.3 is 10.2 Å². The summed E-state index contributed by atoms with van der Waals surface area (Å²) in [5.74, 6) is 1.43. The van der Waals surface area contributed by atoms with Gasteiger partial charge in [0.2, 0.25) is 5.95 Å². The molecule has 1 aliphatic heterocycles. The first-order chi connectivity index (χ1) is 11.2. The fraction of sp³-hybridized carbons (Fsp3) is 0.333. The van der Waals surface area contributed by atoms with Crippen molar-refractivity contribution in [2.45, 2.75) is 25.8 Å². The molecular weight excluding hydrogens is 310 g/mol. The Labute approximate surface area is 137 Å². The summed E-state index contributed by atoms with van der Waals surface area (Å²) in [7, 11) is 0. The van der Waals surface area contributed by atoms with Gasteiger partial charge in [-0.25, -0.2) is 9.50 Å². The Balaban J connectivity index is 1.75. The third-order valence-electron chi connectivity index (χ3n) is 4.03. The summed E-state index contributed by atoms with van der Waals surface area (Å²) in [4.78, 5) is 11.7. The second-order valence-corrected chi connectivity index (χ2v) is 6.58. The first kappa shape index (κ1) is 14.0. The molecule has 7 nitrogen and oxygen atoms in total. The van der Waals surface area contributed by atoms with Gasteiger partial charge in [-0.2, -0.15) is 10.2 Å². The van der Waals surface area contributed by atoms with Gasteiger partial charge >= 0.3 is 0 Å². The third-order valence-corrected chi connectivity index (χ3v) is 4.85. The standard InChI is InChI=1S/C15H15N7S/c1-10-4-2-6-21(10)14-18-13(12-5-3-7-22(12)20-14)19-15-17-9-11(8-16)23-15/h3,5,7,9-10H,2,4,6H2,1H3,(H,17,18,19,20)/t10-/m0/s1. The van der Waals surface area contributed by atoms with Crippen LogP contribution in [-0.2, 0) is 0 Å². The average Bonchev–Trinajstić information content (AvgIpc) is 3.26. The molecule has 23 heavy (non-hydrogen) atoms. The summed E-state index contributed by atoms with van der Waals surface area (Å²) in [5, 5.41) is 17.4. The molecule has 4 rings (SSSR count). The molecule has 4 heterocycles. The predicted molar refractivity (Wildman–Crippen MR) is 89.1 cm³/mol. The molecule has 0 aliphatic carbocycles. The van der Waals surface area contributed by atoms with Gasteiger partial charge in [-0.15, -0.1) is 5.10 Å². The molecular formula is C15H15N7S. The van der Waals surface area contributed by atoms with E-state index in [-0.39, 0.29) is 0 Å². The number of rotatable bonds is 3. The number of nitrogens with zero attached hydrogens (tertiary/aromatic N) is 6. The molecule has 0 bridgehead atoms. The topological polar surface area (TPSA) is 82.1 Å². The minimum Gasteiger partial charge on any atom is -0.337 e. The van der Waals surface area contributed by atoms with E-state index in [0.717, 1.165) is 30.9 Å². The van der Waals surface area contributed by atoms with E-state index in [2.05, 4.69) is 33.3 Å². The lowest BCUT2D eigenvalue weighted by molar-refractivity contribution is 0.704. The molecule has 8 heteroatoms. The lowest BCUT2D eigenvalue weighted by Gasteiger charge is -2.21. The van der Waals surface area contributed by atoms with Gasteiger partial charge in [0.1, 0.15) is 16.5 Å². The van der Waals surface area contributed by atoms with Crippen molar-refractivity contribution in [2.75, 3.05) is 16.8 Å². The smallest absolute Gasteiger partial charge is 0.245 e. The van der Waals surface area contributed by atoms with E-state index in [1.54, 1.807) is 6.20 Å². The third kappa shape index (κ3) is 2.49. The van der Waals surface area contributed by atoms with Crippen LogP contribution >= 0.6 is 11.3 Å². The zero-order chi connectivity index (χ0) is 15.8. The van der Waals surface area contributed by atoms with Crippen LogP contribution in [0.1, 0.15) is 24.6 Å². The molecule has 1 fully saturated rings. The zero-order valence-electron chi connectivity index (χ0n) is 12.6. The molecule has 3 aromatic rings. The van der Waals surface area contributed by atoms with Crippen molar-refractivity contribution in [3.05, 3.63) is 29.4 Å². The van der Waals surface area contributed by atoms with Crippen LogP contribution in [0.5, 0.6) is 0 Å². The number of anilines is 3. The molecule has 0 spiro atoms. The van der Waals surface area contributed by atoms with Crippen molar-refractivity contribution in [3.8, 4) is 6.07 Å². The Bertz CT molecular complexity index is 891. The number of nitriles is 1. The lowest BCUT2D eigenvalue weighted by atomic mass is 10.2. The zero-order valence-corrected chi connectivity index (χ0v) is 13.4. The Kier molecular flexibility index (Phi) is 3.35. The largest absolute Gasteiger partial charge is 0.337 e. The minimum absolute atomic E-state index is 0.445. The molecule has 1 saturated heterocycles. The second-order valence-electron chi connectivity index (χ2n) is 5.55. The number of aromatic nitrogens is 4. The molecule has 1 N–H and O–H groups in total. The van der Waals surface area contributed by atoms with Crippen molar-refractivity contribution < 1.29 is 0 Å². The summed E-state index contributed by atoms with van der Waals surface area (Å²) < 4.78 is 1.83. The van der Waals surface area contributed by atoms with Crippen LogP contribution in [0.2, 0.25) is 0 Å². The Morgan fingerprint density at radius 3 is 3.13 bits per heavy atom. The highest BCUT2D eigenvalue weighted by molar-refractivity contribution is 7.16. The maximum atomic E-state index is 8.93. The minimum atomic E-state index is 0.445. The molecule has 0 radical (unpaired) electrons. The number of fused-ring (bicyclic) bond motifs is 1. The molecule has 1 atom stereocenters. The van der Waals surface area contributed by atoms with Crippen molar-refractivity contribution >= 4 is 33.8 Å². The molecule has 0 aromatic carbocycles. The summed E-state index contributed by atoms with van der Waals surface area (Å²) in [6.07, 6.45) is 5.80. The van der Waals surface area contributed by atoms with Crippen LogP contribution < -0.4 is 10.2 Å².